The topological polar surface area (TPSA) is 21.9 Å². The van der Waals surface area contributed by atoms with Gasteiger partial charge < -0.3 is 4.74 Å². The third-order valence-electron chi connectivity index (χ3n) is 10.9. The highest BCUT2D eigenvalue weighted by Gasteiger charge is 2.73. The molecule has 11 rings (SSSR count). The number of nitrogens with zero attached hydrogens (tertiary/aromatic N) is 3. The molecule has 216 valence electrons. The van der Waals surface area contributed by atoms with Crippen LogP contribution in [0.1, 0.15) is 45.1 Å². The molecule has 1 spiro atoms. The fourth-order valence-electron chi connectivity index (χ4n) is 9.30. The second kappa shape index (κ2) is 8.29. The molecular weight excluding hydrogens is 562 g/mol. The SMILES string of the molecule is Cc1c(-c2ccc(-c3ccccc3)cc2)c(C)[n+]2n1-c1cccc3c1C21c2c(ccc4c2C3c2ccccc2-4)Oc2cccc[n+]21. The van der Waals surface area contributed by atoms with E-state index in [1.54, 1.807) is 0 Å². The lowest BCUT2D eigenvalue weighted by Gasteiger charge is -2.34. The summed E-state index contributed by atoms with van der Waals surface area (Å²) < 4.78 is 14.2. The van der Waals surface area contributed by atoms with E-state index in [4.69, 9.17) is 4.74 Å². The minimum atomic E-state index is -0.642. The van der Waals surface area contributed by atoms with Gasteiger partial charge in [-0.2, -0.15) is 0 Å². The van der Waals surface area contributed by atoms with Crippen LogP contribution in [-0.4, -0.2) is 4.68 Å². The fraction of sp³-hybridized carbons (Fsp3) is 0.0952. The molecule has 0 amide bonds. The molecule has 5 aromatic carbocycles. The van der Waals surface area contributed by atoms with Gasteiger partial charge in [-0.1, -0.05) is 102 Å². The Morgan fingerprint density at radius 3 is 2.24 bits per heavy atom. The summed E-state index contributed by atoms with van der Waals surface area (Å²) >= 11 is 0. The molecule has 2 aliphatic carbocycles. The van der Waals surface area contributed by atoms with Crippen molar-refractivity contribution in [1.29, 1.82) is 0 Å². The summed E-state index contributed by atoms with van der Waals surface area (Å²) in [7, 11) is 0. The minimum Gasteiger partial charge on any atom is -0.404 e. The molecule has 0 saturated heterocycles. The molecule has 2 aliphatic heterocycles. The van der Waals surface area contributed by atoms with Gasteiger partial charge in [0.1, 0.15) is 11.3 Å². The summed E-state index contributed by atoms with van der Waals surface area (Å²) in [6.45, 7) is 4.58. The van der Waals surface area contributed by atoms with Crippen molar-refractivity contribution >= 4 is 0 Å². The quantitative estimate of drug-likeness (QED) is 0.186. The molecule has 4 heteroatoms. The smallest absolute Gasteiger partial charge is 0.404 e. The summed E-state index contributed by atoms with van der Waals surface area (Å²) in [4.78, 5) is 0. The molecule has 4 nitrogen and oxygen atoms in total. The maximum absolute atomic E-state index is 6.79. The van der Waals surface area contributed by atoms with E-state index < -0.39 is 5.66 Å². The minimum absolute atomic E-state index is 0.162. The van der Waals surface area contributed by atoms with E-state index in [0.29, 0.717) is 0 Å². The van der Waals surface area contributed by atoms with E-state index in [1.807, 2.05) is 0 Å². The second-order valence-corrected chi connectivity index (χ2v) is 13.0. The highest BCUT2D eigenvalue weighted by molar-refractivity contribution is 5.87. The molecule has 2 atom stereocenters. The van der Waals surface area contributed by atoms with E-state index >= 15 is 0 Å². The first-order valence-electron chi connectivity index (χ1n) is 16.1. The number of ether oxygens (including phenoxy) is 1. The first-order chi connectivity index (χ1) is 22.7. The van der Waals surface area contributed by atoms with E-state index in [0.717, 1.165) is 11.6 Å². The largest absolute Gasteiger partial charge is 0.446 e. The molecule has 4 heterocycles. The standard InChI is InChI=1S/C42H29N3O/c1-25-37(29-20-18-28(19-21-29)27-11-4-3-5-12-27)26(2)45-42-40-33(15-10-16-34(40)44(25)45)38-31-14-7-6-13-30(31)32-22-23-35(41(42)39(32)38)46-36-17-8-9-24-43(36)42/h3-24,38H,1-2H3/q+2. The van der Waals surface area contributed by atoms with Crippen LogP contribution in [0.2, 0.25) is 0 Å². The van der Waals surface area contributed by atoms with Gasteiger partial charge in [0, 0.05) is 18.9 Å². The lowest BCUT2D eigenvalue weighted by atomic mass is 9.70. The Balaban J connectivity index is 1.26. The Morgan fingerprint density at radius 2 is 1.37 bits per heavy atom. The molecule has 0 fully saturated rings. The maximum atomic E-state index is 6.79. The van der Waals surface area contributed by atoms with Crippen LogP contribution in [0.15, 0.2) is 134 Å². The van der Waals surface area contributed by atoms with E-state index in [9.17, 15) is 0 Å². The highest BCUT2D eigenvalue weighted by atomic mass is 16.5. The van der Waals surface area contributed by atoms with Crippen LogP contribution < -0.4 is 14.0 Å². The third-order valence-corrected chi connectivity index (χ3v) is 10.9. The number of hydrogen-bond acceptors (Lipinski definition) is 1. The van der Waals surface area contributed by atoms with E-state index in [2.05, 4.69) is 161 Å². The number of benzene rings is 5. The van der Waals surface area contributed by atoms with Gasteiger partial charge in [0.25, 0.3) is 0 Å². The van der Waals surface area contributed by atoms with Gasteiger partial charge in [0.15, 0.2) is 17.5 Å². The van der Waals surface area contributed by atoms with Gasteiger partial charge in [-0.3, -0.25) is 0 Å². The van der Waals surface area contributed by atoms with Crippen LogP contribution in [0.3, 0.4) is 0 Å². The maximum Gasteiger partial charge on any atom is 0.446 e. The normalized spacial score (nSPS) is 18.3. The van der Waals surface area contributed by atoms with Crippen molar-refractivity contribution in [3.63, 3.8) is 0 Å². The number of pyridine rings is 1. The van der Waals surface area contributed by atoms with Crippen LogP contribution in [0, 0.1) is 13.8 Å². The van der Waals surface area contributed by atoms with Crippen molar-refractivity contribution in [2.45, 2.75) is 25.4 Å². The number of fused-ring (bicyclic) bond motifs is 7. The van der Waals surface area contributed by atoms with Gasteiger partial charge in [-0.25, -0.2) is 0 Å². The lowest BCUT2D eigenvalue weighted by molar-refractivity contribution is -0.999. The Kier molecular flexibility index (Phi) is 4.43. The predicted octanol–water partition coefficient (Wildman–Crippen LogP) is 8.19. The predicted molar refractivity (Wildman–Crippen MR) is 177 cm³/mol. The summed E-state index contributed by atoms with van der Waals surface area (Å²) in [5.74, 6) is 1.95. The van der Waals surface area contributed by atoms with Crippen LogP contribution in [0.25, 0.3) is 39.1 Å². The van der Waals surface area contributed by atoms with Gasteiger partial charge in [0.2, 0.25) is 5.69 Å². The Morgan fingerprint density at radius 1 is 0.630 bits per heavy atom. The third kappa shape index (κ3) is 2.66. The van der Waals surface area contributed by atoms with Crippen molar-refractivity contribution < 1.29 is 14.0 Å². The molecule has 2 unspecified atom stereocenters. The van der Waals surface area contributed by atoms with Gasteiger partial charge in [-0.05, 0) is 74.3 Å². The Hall–Kier alpha value is -5.74. The van der Waals surface area contributed by atoms with Gasteiger partial charge in [0.05, 0.1) is 17.3 Å². The second-order valence-electron chi connectivity index (χ2n) is 13.0. The summed E-state index contributed by atoms with van der Waals surface area (Å²) in [5, 5.41) is 0. The monoisotopic (exact) mass is 591 g/mol. The van der Waals surface area contributed by atoms with E-state index in [1.165, 1.54) is 78.3 Å². The molecule has 4 aliphatic rings. The first-order valence-corrected chi connectivity index (χ1v) is 16.1. The molecule has 0 saturated carbocycles. The van der Waals surface area contributed by atoms with Crippen LogP contribution in [-0.2, 0) is 5.66 Å². The lowest BCUT2D eigenvalue weighted by Crippen LogP contribution is -2.77. The molecular formula is C42H29N3O+2. The van der Waals surface area contributed by atoms with E-state index in [-0.39, 0.29) is 5.92 Å². The van der Waals surface area contributed by atoms with Crippen molar-refractivity contribution in [3.8, 4) is 50.7 Å². The zero-order valence-electron chi connectivity index (χ0n) is 25.5. The zero-order valence-corrected chi connectivity index (χ0v) is 25.5. The van der Waals surface area contributed by atoms with Crippen molar-refractivity contribution in [1.82, 2.24) is 4.68 Å². The van der Waals surface area contributed by atoms with Gasteiger partial charge in [-0.15, -0.1) is 4.68 Å². The summed E-state index contributed by atoms with van der Waals surface area (Å²) in [5.41, 5.74) is 17.4. The number of rotatable bonds is 2. The Labute approximate surface area is 267 Å². The summed E-state index contributed by atoms with van der Waals surface area (Å²) in [6, 6.07) is 46.4. The molecule has 0 bridgehead atoms. The van der Waals surface area contributed by atoms with Gasteiger partial charge >= 0.3 is 11.5 Å². The first kappa shape index (κ1) is 24.6. The number of aromatic nitrogens is 3. The molecule has 46 heavy (non-hydrogen) atoms. The fourth-order valence-corrected chi connectivity index (χ4v) is 9.30. The Bertz CT molecular complexity index is 2470. The highest BCUT2D eigenvalue weighted by Crippen LogP contribution is 2.61. The number of hydrogen-bond donors (Lipinski definition) is 0. The van der Waals surface area contributed by atoms with Crippen molar-refractivity contribution in [2.24, 2.45) is 0 Å². The van der Waals surface area contributed by atoms with Crippen LogP contribution in [0.4, 0.5) is 0 Å². The van der Waals surface area contributed by atoms with Crippen LogP contribution >= 0.6 is 0 Å². The summed E-state index contributed by atoms with van der Waals surface area (Å²) in [6.07, 6.45) is 2.21. The molecule has 0 N–H and O–H groups in total. The average molecular weight is 592 g/mol. The van der Waals surface area contributed by atoms with Crippen LogP contribution in [0.5, 0.6) is 11.6 Å². The molecule has 0 radical (unpaired) electrons. The zero-order chi connectivity index (χ0) is 30.3. The molecule has 7 aromatic rings. The average Bonchev–Trinajstić information content (AvgIpc) is 3.70. The van der Waals surface area contributed by atoms with Crippen molar-refractivity contribution in [2.75, 3.05) is 0 Å². The van der Waals surface area contributed by atoms with Crippen molar-refractivity contribution in [3.05, 3.63) is 173 Å². The molecule has 2 aromatic heterocycles.